The van der Waals surface area contributed by atoms with Gasteiger partial charge in [0, 0.05) is 6.04 Å². The second-order valence-electron chi connectivity index (χ2n) is 4.66. The number of carbonyl (C=O) groups excluding carboxylic acids is 1. The van der Waals surface area contributed by atoms with E-state index < -0.39 is 0 Å². The van der Waals surface area contributed by atoms with E-state index in [1.165, 1.54) is 19.4 Å². The second-order valence-corrected chi connectivity index (χ2v) is 4.66. The lowest BCUT2D eigenvalue weighted by Crippen LogP contribution is -2.31. The molecular weight excluding hydrogens is 190 g/mol. The fourth-order valence-corrected chi connectivity index (χ4v) is 2.78. The Kier molecular flexibility index (Phi) is 3.62. The van der Waals surface area contributed by atoms with Crippen LogP contribution in [0.4, 0.5) is 0 Å². The molecule has 0 aliphatic carbocycles. The molecule has 2 saturated heterocycles. The largest absolute Gasteiger partial charge is 0.465 e. The van der Waals surface area contributed by atoms with Gasteiger partial charge >= 0.3 is 5.97 Å². The molecule has 86 valence electrons. The van der Waals surface area contributed by atoms with Crippen LogP contribution in [-0.4, -0.2) is 36.6 Å². The Balaban J connectivity index is 1.80. The van der Waals surface area contributed by atoms with Gasteiger partial charge < -0.3 is 4.74 Å². The van der Waals surface area contributed by atoms with Gasteiger partial charge in [-0.05, 0) is 38.8 Å². The van der Waals surface area contributed by atoms with Crippen LogP contribution < -0.4 is 0 Å². The highest BCUT2D eigenvalue weighted by Crippen LogP contribution is 2.33. The van der Waals surface area contributed by atoms with Crippen LogP contribution >= 0.6 is 0 Å². The van der Waals surface area contributed by atoms with E-state index in [2.05, 4.69) is 11.8 Å². The van der Waals surface area contributed by atoms with Crippen LogP contribution in [-0.2, 0) is 9.53 Å². The minimum atomic E-state index is 0.0536. The molecule has 2 atom stereocenters. The highest BCUT2D eigenvalue weighted by molar-refractivity contribution is 5.73. The number of rotatable bonds is 4. The fourth-order valence-electron chi connectivity index (χ4n) is 2.78. The summed E-state index contributed by atoms with van der Waals surface area (Å²) in [5.41, 5.74) is 0. The van der Waals surface area contributed by atoms with Crippen molar-refractivity contribution >= 4 is 5.97 Å². The summed E-state index contributed by atoms with van der Waals surface area (Å²) in [6, 6.07) is 0.499. The van der Waals surface area contributed by atoms with Crippen LogP contribution in [0.3, 0.4) is 0 Å². The van der Waals surface area contributed by atoms with Gasteiger partial charge in [0.1, 0.15) is 0 Å². The van der Waals surface area contributed by atoms with Crippen molar-refractivity contribution in [1.29, 1.82) is 0 Å². The number of esters is 1. The molecule has 2 rings (SSSR count). The minimum Gasteiger partial charge on any atom is -0.465 e. The summed E-state index contributed by atoms with van der Waals surface area (Å²) in [6.45, 7) is 5.00. The number of nitrogens with zero attached hydrogens (tertiary/aromatic N) is 1. The number of unbranched alkanes of at least 4 members (excludes halogenated alkanes) is 1. The first-order valence-corrected chi connectivity index (χ1v) is 6.23. The summed E-state index contributed by atoms with van der Waals surface area (Å²) in [7, 11) is 0. The highest BCUT2D eigenvalue weighted by atomic mass is 16.5. The Bertz CT molecular complexity index is 230. The van der Waals surface area contributed by atoms with Crippen molar-refractivity contribution in [2.45, 2.75) is 45.1 Å². The maximum absolute atomic E-state index is 11.8. The smallest absolute Gasteiger partial charge is 0.310 e. The SMILES string of the molecule is CCCCOC(=O)C1CCN2CCCC12. The molecule has 0 aromatic rings. The zero-order valence-corrected chi connectivity index (χ0v) is 9.58. The normalized spacial score (nSPS) is 30.5. The summed E-state index contributed by atoms with van der Waals surface area (Å²) in [4.78, 5) is 14.3. The zero-order valence-electron chi connectivity index (χ0n) is 9.58. The van der Waals surface area contributed by atoms with Gasteiger partial charge in [-0.15, -0.1) is 0 Å². The van der Waals surface area contributed by atoms with Gasteiger partial charge in [-0.2, -0.15) is 0 Å². The minimum absolute atomic E-state index is 0.0536. The molecule has 0 bridgehead atoms. The van der Waals surface area contributed by atoms with Crippen molar-refractivity contribution < 1.29 is 9.53 Å². The number of fused-ring (bicyclic) bond motifs is 1. The third kappa shape index (κ3) is 2.33. The van der Waals surface area contributed by atoms with E-state index in [1.54, 1.807) is 0 Å². The lowest BCUT2D eigenvalue weighted by molar-refractivity contribution is -0.149. The second kappa shape index (κ2) is 4.97. The molecule has 15 heavy (non-hydrogen) atoms. The molecule has 0 radical (unpaired) electrons. The first-order valence-electron chi connectivity index (χ1n) is 6.23. The van der Waals surface area contributed by atoms with Crippen LogP contribution in [0.5, 0.6) is 0 Å². The van der Waals surface area contributed by atoms with Crippen molar-refractivity contribution in [1.82, 2.24) is 4.90 Å². The van der Waals surface area contributed by atoms with Gasteiger partial charge in [0.2, 0.25) is 0 Å². The standard InChI is InChI=1S/C12H21NO2/c1-2-3-9-15-12(14)10-6-8-13-7-4-5-11(10)13/h10-11H,2-9H2,1H3. The predicted octanol–water partition coefficient (Wildman–Crippen LogP) is 1.81. The predicted molar refractivity (Wildman–Crippen MR) is 58.6 cm³/mol. The van der Waals surface area contributed by atoms with Gasteiger partial charge in [0.15, 0.2) is 0 Å². The number of hydrogen-bond donors (Lipinski definition) is 0. The molecule has 2 aliphatic heterocycles. The van der Waals surface area contributed by atoms with Crippen LogP contribution in [0, 0.1) is 5.92 Å². The molecule has 3 nitrogen and oxygen atoms in total. The van der Waals surface area contributed by atoms with Crippen molar-refractivity contribution in [3.63, 3.8) is 0 Å². The van der Waals surface area contributed by atoms with Crippen LogP contribution in [0.15, 0.2) is 0 Å². The van der Waals surface area contributed by atoms with E-state index in [0.717, 1.165) is 25.8 Å². The van der Waals surface area contributed by atoms with Crippen LogP contribution in [0.1, 0.15) is 39.0 Å². The Morgan fingerprint density at radius 2 is 2.27 bits per heavy atom. The molecule has 2 heterocycles. The topological polar surface area (TPSA) is 29.5 Å². The maximum Gasteiger partial charge on any atom is 0.310 e. The van der Waals surface area contributed by atoms with Crippen molar-refractivity contribution in [3.05, 3.63) is 0 Å². The molecule has 2 unspecified atom stereocenters. The third-order valence-electron chi connectivity index (χ3n) is 3.65. The first kappa shape index (κ1) is 10.9. The first-order chi connectivity index (χ1) is 7.33. The molecule has 0 N–H and O–H groups in total. The molecule has 0 aromatic carbocycles. The highest BCUT2D eigenvalue weighted by Gasteiger charge is 2.41. The van der Waals surface area contributed by atoms with E-state index in [9.17, 15) is 4.79 Å². The lowest BCUT2D eigenvalue weighted by Gasteiger charge is -2.18. The molecule has 2 aliphatic rings. The monoisotopic (exact) mass is 211 g/mol. The average molecular weight is 211 g/mol. The molecule has 2 fully saturated rings. The Morgan fingerprint density at radius 1 is 1.40 bits per heavy atom. The lowest BCUT2D eigenvalue weighted by atomic mass is 9.99. The third-order valence-corrected chi connectivity index (χ3v) is 3.65. The number of ether oxygens (including phenoxy) is 1. The molecular formula is C12H21NO2. The van der Waals surface area contributed by atoms with E-state index >= 15 is 0 Å². The van der Waals surface area contributed by atoms with Gasteiger partial charge in [0.25, 0.3) is 0 Å². The van der Waals surface area contributed by atoms with E-state index in [1.807, 2.05) is 0 Å². The van der Waals surface area contributed by atoms with E-state index in [-0.39, 0.29) is 11.9 Å². The summed E-state index contributed by atoms with van der Waals surface area (Å²) < 4.78 is 5.31. The van der Waals surface area contributed by atoms with Crippen LogP contribution in [0.25, 0.3) is 0 Å². The Labute approximate surface area is 91.8 Å². The van der Waals surface area contributed by atoms with Gasteiger partial charge in [-0.25, -0.2) is 0 Å². The van der Waals surface area contributed by atoms with E-state index in [4.69, 9.17) is 4.74 Å². The molecule has 0 spiro atoms. The molecule has 3 heteroatoms. The summed E-state index contributed by atoms with van der Waals surface area (Å²) in [5, 5.41) is 0. The number of carbonyl (C=O) groups is 1. The maximum atomic E-state index is 11.8. The van der Waals surface area contributed by atoms with E-state index in [0.29, 0.717) is 12.6 Å². The molecule has 0 saturated carbocycles. The van der Waals surface area contributed by atoms with Crippen molar-refractivity contribution in [2.75, 3.05) is 19.7 Å². The van der Waals surface area contributed by atoms with Gasteiger partial charge in [-0.3, -0.25) is 9.69 Å². The molecule has 0 amide bonds. The quantitative estimate of drug-likeness (QED) is 0.524. The summed E-state index contributed by atoms with van der Waals surface area (Å²) in [6.07, 6.45) is 5.53. The summed E-state index contributed by atoms with van der Waals surface area (Å²) in [5.74, 6) is 0.224. The van der Waals surface area contributed by atoms with Crippen LogP contribution in [0.2, 0.25) is 0 Å². The molecule has 0 aromatic heterocycles. The number of hydrogen-bond acceptors (Lipinski definition) is 3. The fraction of sp³-hybridized carbons (Fsp3) is 0.917. The summed E-state index contributed by atoms with van der Waals surface area (Å²) >= 11 is 0. The Hall–Kier alpha value is -0.570. The van der Waals surface area contributed by atoms with Gasteiger partial charge in [-0.1, -0.05) is 13.3 Å². The van der Waals surface area contributed by atoms with Crippen molar-refractivity contribution in [2.24, 2.45) is 5.92 Å². The average Bonchev–Trinajstić information content (AvgIpc) is 2.78. The van der Waals surface area contributed by atoms with Crippen molar-refractivity contribution in [3.8, 4) is 0 Å². The Morgan fingerprint density at radius 3 is 3.07 bits per heavy atom. The zero-order chi connectivity index (χ0) is 10.7. The van der Waals surface area contributed by atoms with Gasteiger partial charge in [0.05, 0.1) is 12.5 Å².